The fourth-order valence-electron chi connectivity index (χ4n) is 1.65. The van der Waals surface area contributed by atoms with Gasteiger partial charge in [0.05, 0.1) is 18.8 Å². The Kier molecular flexibility index (Phi) is 3.10. The second-order valence-electron chi connectivity index (χ2n) is 3.78. The zero-order valence-corrected chi connectivity index (χ0v) is 9.72. The van der Waals surface area contributed by atoms with Gasteiger partial charge in [0, 0.05) is 24.9 Å². The first kappa shape index (κ1) is 11.6. The maximum Gasteiger partial charge on any atom is 0.132 e. The van der Waals surface area contributed by atoms with Crippen LogP contribution in [0.2, 0.25) is 0 Å². The minimum atomic E-state index is -0.567. The smallest absolute Gasteiger partial charge is 0.132 e. The van der Waals surface area contributed by atoms with E-state index in [0.717, 1.165) is 0 Å². The fraction of sp³-hybridized carbons (Fsp3) is 0.250. The zero-order chi connectivity index (χ0) is 12.4. The normalized spacial score (nSPS) is 12.5. The molecule has 5 heteroatoms. The number of benzene rings is 1. The van der Waals surface area contributed by atoms with E-state index in [-0.39, 0.29) is 5.82 Å². The first-order valence-corrected chi connectivity index (χ1v) is 5.20. The summed E-state index contributed by atoms with van der Waals surface area (Å²) in [6, 6.07) is 5.82. The molecule has 17 heavy (non-hydrogen) atoms. The number of ether oxygens (including phenoxy) is 1. The number of nitrogens with zero attached hydrogens (tertiary/aromatic N) is 2. The zero-order valence-electron chi connectivity index (χ0n) is 9.72. The number of aryl methyl sites for hydroxylation is 1. The molecule has 2 rings (SSSR count). The molecule has 0 spiro atoms. The van der Waals surface area contributed by atoms with Crippen molar-refractivity contribution in [2.45, 2.75) is 6.04 Å². The second kappa shape index (κ2) is 4.55. The number of methoxy groups -OCH3 is 1. The summed E-state index contributed by atoms with van der Waals surface area (Å²) in [7, 11) is 3.29. The lowest BCUT2D eigenvalue weighted by molar-refractivity contribution is 0.410. The first-order valence-electron chi connectivity index (χ1n) is 5.20. The molecule has 1 atom stereocenters. The molecule has 1 aromatic heterocycles. The molecule has 2 aromatic rings. The summed E-state index contributed by atoms with van der Waals surface area (Å²) in [6.45, 7) is 0. The molecule has 4 nitrogen and oxygen atoms in total. The summed E-state index contributed by atoms with van der Waals surface area (Å²) >= 11 is 0. The quantitative estimate of drug-likeness (QED) is 0.879. The number of hydrogen-bond donors (Lipinski definition) is 1. The summed E-state index contributed by atoms with van der Waals surface area (Å²) in [5.74, 6) is 0.0852. The van der Waals surface area contributed by atoms with Crippen LogP contribution >= 0.6 is 0 Å². The Hall–Kier alpha value is -1.88. The first-order chi connectivity index (χ1) is 8.11. The minimum Gasteiger partial charge on any atom is -0.497 e. The Morgan fingerprint density at radius 2 is 2.18 bits per heavy atom. The van der Waals surface area contributed by atoms with Crippen molar-refractivity contribution in [3.8, 4) is 5.75 Å². The molecular weight excluding hydrogens is 221 g/mol. The molecule has 0 aliphatic heterocycles. The van der Waals surface area contributed by atoms with E-state index in [1.807, 2.05) is 0 Å². The Bertz CT molecular complexity index is 524. The minimum absolute atomic E-state index is 0.387. The summed E-state index contributed by atoms with van der Waals surface area (Å²) in [5.41, 5.74) is 7.01. The lowest BCUT2D eigenvalue weighted by Crippen LogP contribution is -2.14. The SMILES string of the molecule is COc1ccc(C(N)c2ccn(C)n2)c(F)c1. The van der Waals surface area contributed by atoms with Crippen LogP contribution < -0.4 is 10.5 Å². The molecule has 0 radical (unpaired) electrons. The van der Waals surface area contributed by atoms with E-state index < -0.39 is 6.04 Å². The van der Waals surface area contributed by atoms with Gasteiger partial charge in [0.2, 0.25) is 0 Å². The van der Waals surface area contributed by atoms with E-state index >= 15 is 0 Å². The molecule has 2 N–H and O–H groups in total. The molecule has 0 fully saturated rings. The molecular formula is C12H14FN3O. The van der Waals surface area contributed by atoms with Crippen molar-refractivity contribution in [2.75, 3.05) is 7.11 Å². The number of rotatable bonds is 3. The van der Waals surface area contributed by atoms with Gasteiger partial charge in [-0.3, -0.25) is 4.68 Å². The molecule has 0 bridgehead atoms. The van der Waals surface area contributed by atoms with E-state index in [9.17, 15) is 4.39 Å². The predicted octanol–water partition coefficient (Wildman–Crippen LogP) is 1.62. The molecule has 1 unspecified atom stereocenters. The molecule has 90 valence electrons. The van der Waals surface area contributed by atoms with E-state index in [0.29, 0.717) is 17.0 Å². The number of halogens is 1. The van der Waals surface area contributed by atoms with Crippen LogP contribution in [0.4, 0.5) is 4.39 Å². The average molecular weight is 235 g/mol. The van der Waals surface area contributed by atoms with Crippen molar-refractivity contribution >= 4 is 0 Å². The number of nitrogens with two attached hydrogens (primary N) is 1. The standard InChI is InChI=1S/C12H14FN3O/c1-16-6-5-11(15-16)12(14)9-4-3-8(17-2)7-10(9)13/h3-7,12H,14H2,1-2H3. The fourth-order valence-corrected chi connectivity index (χ4v) is 1.65. The van der Waals surface area contributed by atoms with Crippen molar-refractivity contribution in [3.63, 3.8) is 0 Å². The summed E-state index contributed by atoms with van der Waals surface area (Å²) in [5, 5.41) is 4.16. The molecule has 0 aliphatic rings. The van der Waals surface area contributed by atoms with Crippen LogP contribution in [0.15, 0.2) is 30.5 Å². The van der Waals surface area contributed by atoms with Crippen LogP contribution in [-0.2, 0) is 7.05 Å². The van der Waals surface area contributed by atoms with Crippen molar-refractivity contribution in [1.29, 1.82) is 0 Å². The van der Waals surface area contributed by atoms with Crippen molar-refractivity contribution < 1.29 is 9.13 Å². The molecule has 1 heterocycles. The highest BCUT2D eigenvalue weighted by Crippen LogP contribution is 2.24. The highest BCUT2D eigenvalue weighted by atomic mass is 19.1. The highest BCUT2D eigenvalue weighted by Gasteiger charge is 2.16. The molecule has 0 amide bonds. The third-order valence-corrected chi connectivity index (χ3v) is 2.60. The summed E-state index contributed by atoms with van der Waals surface area (Å²) < 4.78 is 20.4. The van der Waals surface area contributed by atoms with Crippen molar-refractivity contribution in [1.82, 2.24) is 9.78 Å². The van der Waals surface area contributed by atoms with Crippen molar-refractivity contribution in [2.24, 2.45) is 12.8 Å². The van der Waals surface area contributed by atoms with Gasteiger partial charge in [0.15, 0.2) is 0 Å². The second-order valence-corrected chi connectivity index (χ2v) is 3.78. The van der Waals surface area contributed by atoms with Crippen LogP contribution in [-0.4, -0.2) is 16.9 Å². The molecule has 1 aromatic carbocycles. The summed E-state index contributed by atoms with van der Waals surface area (Å²) in [4.78, 5) is 0. The van der Waals surface area contributed by atoms with Crippen LogP contribution in [0, 0.1) is 5.82 Å². The van der Waals surface area contributed by atoms with E-state index in [1.54, 1.807) is 36.1 Å². The molecule has 0 saturated heterocycles. The van der Waals surface area contributed by atoms with Gasteiger partial charge in [0.25, 0.3) is 0 Å². The maximum atomic E-state index is 13.8. The Labute approximate surface area is 98.8 Å². The topological polar surface area (TPSA) is 53.1 Å². The highest BCUT2D eigenvalue weighted by molar-refractivity contribution is 5.34. The monoisotopic (exact) mass is 235 g/mol. The van der Waals surface area contributed by atoms with Crippen LogP contribution in [0.5, 0.6) is 5.75 Å². The van der Waals surface area contributed by atoms with Gasteiger partial charge in [-0.15, -0.1) is 0 Å². The number of hydrogen-bond acceptors (Lipinski definition) is 3. The van der Waals surface area contributed by atoms with Gasteiger partial charge in [-0.05, 0) is 12.1 Å². The van der Waals surface area contributed by atoms with Gasteiger partial charge in [-0.1, -0.05) is 6.07 Å². The maximum absolute atomic E-state index is 13.8. The van der Waals surface area contributed by atoms with E-state index in [1.165, 1.54) is 13.2 Å². The van der Waals surface area contributed by atoms with Crippen molar-refractivity contribution in [3.05, 3.63) is 47.5 Å². The average Bonchev–Trinajstić information content (AvgIpc) is 2.75. The predicted molar refractivity (Wildman–Crippen MR) is 62.2 cm³/mol. The molecule has 0 saturated carbocycles. The summed E-state index contributed by atoms with van der Waals surface area (Å²) in [6.07, 6.45) is 1.77. The third-order valence-electron chi connectivity index (χ3n) is 2.60. The largest absolute Gasteiger partial charge is 0.497 e. The van der Waals surface area contributed by atoms with Gasteiger partial charge >= 0.3 is 0 Å². The van der Waals surface area contributed by atoms with Crippen LogP contribution in [0.1, 0.15) is 17.3 Å². The van der Waals surface area contributed by atoms with Gasteiger partial charge in [0.1, 0.15) is 11.6 Å². The Morgan fingerprint density at radius 1 is 1.41 bits per heavy atom. The third kappa shape index (κ3) is 2.29. The van der Waals surface area contributed by atoms with E-state index in [4.69, 9.17) is 10.5 Å². The Balaban J connectivity index is 2.34. The van der Waals surface area contributed by atoms with Crippen LogP contribution in [0.3, 0.4) is 0 Å². The van der Waals surface area contributed by atoms with E-state index in [2.05, 4.69) is 5.10 Å². The number of aromatic nitrogens is 2. The van der Waals surface area contributed by atoms with Gasteiger partial charge in [-0.25, -0.2) is 4.39 Å². The van der Waals surface area contributed by atoms with Crippen LogP contribution in [0.25, 0.3) is 0 Å². The lowest BCUT2D eigenvalue weighted by atomic mass is 10.0. The van der Waals surface area contributed by atoms with Gasteiger partial charge < -0.3 is 10.5 Å². The van der Waals surface area contributed by atoms with Gasteiger partial charge in [-0.2, -0.15) is 5.10 Å². The lowest BCUT2D eigenvalue weighted by Gasteiger charge is -2.11. The molecule has 0 aliphatic carbocycles. The Morgan fingerprint density at radius 3 is 2.71 bits per heavy atom.